The highest BCUT2D eigenvalue weighted by Crippen LogP contribution is 2.31. The van der Waals surface area contributed by atoms with E-state index in [0.29, 0.717) is 5.69 Å². The molecule has 0 spiro atoms. The van der Waals surface area contributed by atoms with Gasteiger partial charge in [-0.15, -0.1) is 11.3 Å². The van der Waals surface area contributed by atoms with Crippen LogP contribution in [0.4, 0.5) is 5.69 Å². The first-order chi connectivity index (χ1) is 14.2. The van der Waals surface area contributed by atoms with Gasteiger partial charge in [-0.3, -0.25) is 4.79 Å². The second kappa shape index (κ2) is 7.29. The van der Waals surface area contributed by atoms with Crippen molar-refractivity contribution in [3.63, 3.8) is 0 Å². The third kappa shape index (κ3) is 3.36. The number of thiazole rings is 1. The van der Waals surface area contributed by atoms with E-state index in [1.54, 1.807) is 6.20 Å². The lowest BCUT2D eigenvalue weighted by atomic mass is 9.99. The van der Waals surface area contributed by atoms with Gasteiger partial charge in [0.1, 0.15) is 10.7 Å². The van der Waals surface area contributed by atoms with Crippen LogP contribution in [0.25, 0.3) is 16.3 Å². The van der Waals surface area contributed by atoms with E-state index in [0.717, 1.165) is 41.3 Å². The number of aromatic nitrogens is 3. The number of amides is 1. The standard InChI is InChI=1S/C23H20N4OS/c1-16-9-10-21-17(12-16)6-5-11-26(21)23(28)20-15-29-22(25-20)18-13-24-27(14-18)19-7-3-2-4-8-19/h2-4,7-10,12-15H,5-6,11H2,1H3. The van der Waals surface area contributed by atoms with Crippen molar-refractivity contribution in [2.24, 2.45) is 0 Å². The van der Waals surface area contributed by atoms with E-state index in [1.165, 1.54) is 22.5 Å². The summed E-state index contributed by atoms with van der Waals surface area (Å²) in [6, 6.07) is 16.2. The Morgan fingerprint density at radius 3 is 2.86 bits per heavy atom. The van der Waals surface area contributed by atoms with Gasteiger partial charge < -0.3 is 4.90 Å². The van der Waals surface area contributed by atoms with Crippen LogP contribution in [0.1, 0.15) is 28.0 Å². The summed E-state index contributed by atoms with van der Waals surface area (Å²) in [4.78, 5) is 19.7. The van der Waals surface area contributed by atoms with Crippen LogP contribution in [0.15, 0.2) is 66.3 Å². The summed E-state index contributed by atoms with van der Waals surface area (Å²) in [6.07, 6.45) is 5.73. The Labute approximate surface area is 173 Å². The smallest absolute Gasteiger partial charge is 0.277 e. The molecule has 2 aromatic heterocycles. The number of para-hydroxylation sites is 1. The van der Waals surface area contributed by atoms with E-state index in [4.69, 9.17) is 0 Å². The van der Waals surface area contributed by atoms with Gasteiger partial charge in [0, 0.05) is 29.4 Å². The van der Waals surface area contributed by atoms with E-state index in [9.17, 15) is 4.79 Å². The maximum atomic E-state index is 13.2. The number of hydrogen-bond acceptors (Lipinski definition) is 4. The zero-order valence-corrected chi connectivity index (χ0v) is 16.9. The predicted octanol–water partition coefficient (Wildman–Crippen LogP) is 4.90. The van der Waals surface area contributed by atoms with Gasteiger partial charge in [-0.05, 0) is 43.5 Å². The van der Waals surface area contributed by atoms with Gasteiger partial charge in [-0.1, -0.05) is 35.9 Å². The first-order valence-corrected chi connectivity index (χ1v) is 10.5. The molecule has 0 fully saturated rings. The van der Waals surface area contributed by atoms with Crippen LogP contribution in [0.5, 0.6) is 0 Å². The second-order valence-corrected chi connectivity index (χ2v) is 8.10. The average Bonchev–Trinajstić information content (AvgIpc) is 3.43. The number of carbonyl (C=O) groups excluding carboxylic acids is 1. The maximum absolute atomic E-state index is 13.2. The third-order valence-electron chi connectivity index (χ3n) is 5.17. The number of fused-ring (bicyclic) bond motifs is 1. The van der Waals surface area contributed by atoms with E-state index in [-0.39, 0.29) is 5.91 Å². The Kier molecular flexibility index (Phi) is 4.48. The molecule has 0 saturated carbocycles. The summed E-state index contributed by atoms with van der Waals surface area (Å²) in [6.45, 7) is 2.82. The molecule has 0 N–H and O–H groups in total. The van der Waals surface area contributed by atoms with Crippen molar-refractivity contribution in [1.29, 1.82) is 0 Å². The molecule has 0 saturated heterocycles. The van der Waals surface area contributed by atoms with Crippen LogP contribution in [0.2, 0.25) is 0 Å². The zero-order valence-electron chi connectivity index (χ0n) is 16.1. The normalized spacial score (nSPS) is 13.3. The lowest BCUT2D eigenvalue weighted by Crippen LogP contribution is -2.35. The Balaban J connectivity index is 1.41. The zero-order chi connectivity index (χ0) is 19.8. The van der Waals surface area contributed by atoms with Crippen LogP contribution in [0, 0.1) is 6.92 Å². The minimum atomic E-state index is -0.0345. The van der Waals surface area contributed by atoms with Gasteiger partial charge in [0.25, 0.3) is 5.91 Å². The minimum absolute atomic E-state index is 0.0345. The van der Waals surface area contributed by atoms with Crippen LogP contribution in [-0.2, 0) is 6.42 Å². The highest BCUT2D eigenvalue weighted by Gasteiger charge is 2.25. The van der Waals surface area contributed by atoms with Crippen LogP contribution in [0.3, 0.4) is 0 Å². The molecule has 144 valence electrons. The molecule has 0 radical (unpaired) electrons. The number of carbonyl (C=O) groups is 1. The van der Waals surface area contributed by atoms with Gasteiger partial charge in [0.15, 0.2) is 0 Å². The maximum Gasteiger partial charge on any atom is 0.277 e. The molecular weight excluding hydrogens is 380 g/mol. The highest BCUT2D eigenvalue weighted by molar-refractivity contribution is 7.13. The van der Waals surface area contributed by atoms with Crippen molar-refractivity contribution >= 4 is 22.9 Å². The number of nitrogens with zero attached hydrogens (tertiary/aromatic N) is 4. The van der Waals surface area contributed by atoms with E-state index in [1.807, 2.05) is 51.5 Å². The van der Waals surface area contributed by atoms with Crippen molar-refractivity contribution in [2.45, 2.75) is 19.8 Å². The molecule has 1 aliphatic rings. The van der Waals surface area contributed by atoms with Crippen LogP contribution < -0.4 is 4.90 Å². The molecule has 4 aromatic rings. The second-order valence-electron chi connectivity index (χ2n) is 7.24. The summed E-state index contributed by atoms with van der Waals surface area (Å²) >= 11 is 1.48. The molecule has 3 heterocycles. The minimum Gasteiger partial charge on any atom is -0.307 e. The number of benzene rings is 2. The fraction of sp³-hybridized carbons (Fsp3) is 0.174. The molecule has 0 unspecified atom stereocenters. The number of aryl methyl sites for hydroxylation is 2. The summed E-state index contributed by atoms with van der Waals surface area (Å²) in [7, 11) is 0. The molecule has 6 heteroatoms. The SMILES string of the molecule is Cc1ccc2c(c1)CCCN2C(=O)c1csc(-c2cnn(-c3ccccc3)c2)n1. The average molecular weight is 401 g/mol. The topological polar surface area (TPSA) is 51.0 Å². The first kappa shape index (κ1) is 17.8. The number of hydrogen-bond donors (Lipinski definition) is 0. The van der Waals surface area contributed by atoms with Gasteiger partial charge in [-0.2, -0.15) is 5.10 Å². The van der Waals surface area contributed by atoms with E-state index < -0.39 is 0 Å². The molecule has 0 bridgehead atoms. The van der Waals surface area contributed by atoms with Gasteiger partial charge >= 0.3 is 0 Å². The molecular formula is C23H20N4OS. The fourth-order valence-corrected chi connectivity index (χ4v) is 4.50. The van der Waals surface area contributed by atoms with E-state index in [2.05, 4.69) is 35.2 Å². The molecule has 0 aliphatic carbocycles. The van der Waals surface area contributed by atoms with Crippen LogP contribution >= 0.6 is 11.3 Å². The summed E-state index contributed by atoms with van der Waals surface area (Å²) in [5.74, 6) is -0.0345. The Hall–Kier alpha value is -3.25. The Morgan fingerprint density at radius 1 is 1.14 bits per heavy atom. The van der Waals surface area contributed by atoms with Crippen molar-refractivity contribution in [3.8, 4) is 16.3 Å². The van der Waals surface area contributed by atoms with Crippen molar-refractivity contribution in [1.82, 2.24) is 14.8 Å². The number of rotatable bonds is 3. The first-order valence-electron chi connectivity index (χ1n) is 9.66. The lowest BCUT2D eigenvalue weighted by molar-refractivity contribution is 0.0981. The van der Waals surface area contributed by atoms with Gasteiger partial charge in [0.2, 0.25) is 0 Å². The van der Waals surface area contributed by atoms with Crippen molar-refractivity contribution in [3.05, 3.63) is 83.1 Å². The van der Waals surface area contributed by atoms with Crippen molar-refractivity contribution in [2.75, 3.05) is 11.4 Å². The molecule has 2 aromatic carbocycles. The predicted molar refractivity (Wildman–Crippen MR) is 116 cm³/mol. The fourth-order valence-electron chi connectivity index (χ4n) is 3.73. The van der Waals surface area contributed by atoms with Gasteiger partial charge in [0.05, 0.1) is 11.9 Å². The summed E-state index contributed by atoms with van der Waals surface area (Å²) < 4.78 is 1.82. The van der Waals surface area contributed by atoms with E-state index >= 15 is 0 Å². The van der Waals surface area contributed by atoms with Crippen LogP contribution in [-0.4, -0.2) is 27.2 Å². The molecule has 29 heavy (non-hydrogen) atoms. The monoisotopic (exact) mass is 400 g/mol. The largest absolute Gasteiger partial charge is 0.307 e. The third-order valence-corrected chi connectivity index (χ3v) is 6.06. The molecule has 1 aliphatic heterocycles. The van der Waals surface area contributed by atoms with Crippen molar-refractivity contribution < 1.29 is 4.79 Å². The molecule has 0 atom stereocenters. The molecule has 1 amide bonds. The number of anilines is 1. The summed E-state index contributed by atoms with van der Waals surface area (Å²) in [5.41, 5.74) is 5.87. The quantitative estimate of drug-likeness (QED) is 0.492. The molecule has 5 nitrogen and oxygen atoms in total. The lowest BCUT2D eigenvalue weighted by Gasteiger charge is -2.29. The summed E-state index contributed by atoms with van der Waals surface area (Å²) in [5, 5.41) is 7.08. The highest BCUT2D eigenvalue weighted by atomic mass is 32.1. The molecule has 5 rings (SSSR count). The van der Waals surface area contributed by atoms with Gasteiger partial charge in [-0.25, -0.2) is 9.67 Å². The Morgan fingerprint density at radius 2 is 2.00 bits per heavy atom. The Bertz CT molecular complexity index is 1180.